The summed E-state index contributed by atoms with van der Waals surface area (Å²) >= 11 is 0. The molecule has 0 aliphatic rings. The molecule has 164 valence electrons. The fraction of sp³-hybridized carbons (Fsp3) is 0.227. The molecule has 9 heteroatoms. The first-order valence-electron chi connectivity index (χ1n) is 9.26. The van der Waals surface area contributed by atoms with Crippen LogP contribution in [-0.2, 0) is 29.1 Å². The number of hydrogen-bond donors (Lipinski definition) is 0. The molecule has 8 nitrogen and oxygen atoms in total. The Morgan fingerprint density at radius 1 is 1.00 bits per heavy atom. The van der Waals surface area contributed by atoms with Crippen molar-refractivity contribution in [2.75, 3.05) is 20.3 Å². The average molecular weight is 445 g/mol. The van der Waals surface area contributed by atoms with Crippen LogP contribution in [0.1, 0.15) is 18.1 Å². The molecule has 0 fully saturated rings. The van der Waals surface area contributed by atoms with E-state index >= 15 is 0 Å². The summed E-state index contributed by atoms with van der Waals surface area (Å²) < 4.78 is 44.2. The summed E-state index contributed by atoms with van der Waals surface area (Å²) in [4.78, 5) is 23.8. The minimum absolute atomic E-state index is 0.0446. The lowest BCUT2D eigenvalue weighted by atomic mass is 10.0. The molecule has 0 atom stereocenters. The first kappa shape index (κ1) is 23.8. The molecule has 0 heterocycles. The fourth-order valence-corrected chi connectivity index (χ4v) is 3.47. The minimum Gasteiger partial charge on any atom is -0.497 e. The second-order valence-corrected chi connectivity index (χ2v) is 7.92. The number of carbonyl (C=O) groups excluding carboxylic acids is 2. The molecule has 2 aromatic carbocycles. The standard InChI is InChI=1S/C22H23NO7S/c1-5-29-20(24)14-30-22(25)16(3)21(17-8-10-18(28-4)11-9-17)23-31(26,27)19-12-6-15(2)7-13-19/h6-13H,3,5,14H2,1-2,4H3/b23-21-. The number of benzene rings is 2. The van der Waals surface area contributed by atoms with Gasteiger partial charge in [-0.3, -0.25) is 0 Å². The van der Waals surface area contributed by atoms with Crippen LogP contribution in [-0.4, -0.2) is 46.4 Å². The zero-order valence-corrected chi connectivity index (χ0v) is 18.3. The number of carbonyl (C=O) groups is 2. The summed E-state index contributed by atoms with van der Waals surface area (Å²) in [7, 11) is -2.68. The number of ether oxygens (including phenoxy) is 3. The van der Waals surface area contributed by atoms with Gasteiger partial charge in [0.1, 0.15) is 5.75 Å². The van der Waals surface area contributed by atoms with E-state index in [1.54, 1.807) is 31.2 Å². The van der Waals surface area contributed by atoms with Gasteiger partial charge in [0, 0.05) is 5.56 Å². The van der Waals surface area contributed by atoms with Gasteiger partial charge in [-0.1, -0.05) is 24.3 Å². The molecule has 0 N–H and O–H groups in total. The monoisotopic (exact) mass is 445 g/mol. The van der Waals surface area contributed by atoms with Crippen LogP contribution in [0.2, 0.25) is 0 Å². The van der Waals surface area contributed by atoms with Crippen LogP contribution in [0.25, 0.3) is 0 Å². The summed E-state index contributed by atoms with van der Waals surface area (Å²) in [5.74, 6) is -1.21. The lowest BCUT2D eigenvalue weighted by Crippen LogP contribution is -2.21. The number of methoxy groups -OCH3 is 1. The van der Waals surface area contributed by atoms with Crippen molar-refractivity contribution < 1.29 is 32.2 Å². The number of sulfonamides is 1. The van der Waals surface area contributed by atoms with E-state index in [-0.39, 0.29) is 22.8 Å². The molecule has 0 aliphatic heterocycles. The average Bonchev–Trinajstić information content (AvgIpc) is 2.76. The van der Waals surface area contributed by atoms with Gasteiger partial charge in [0.15, 0.2) is 6.61 Å². The lowest BCUT2D eigenvalue weighted by molar-refractivity contribution is -0.156. The highest BCUT2D eigenvalue weighted by atomic mass is 32.2. The number of esters is 2. The molecule has 0 saturated heterocycles. The van der Waals surface area contributed by atoms with E-state index < -0.39 is 28.6 Å². The molecule has 0 amide bonds. The van der Waals surface area contributed by atoms with Gasteiger partial charge in [-0.15, -0.1) is 0 Å². The zero-order valence-electron chi connectivity index (χ0n) is 17.5. The van der Waals surface area contributed by atoms with Crippen molar-refractivity contribution in [3.8, 4) is 5.75 Å². The maximum Gasteiger partial charge on any atom is 0.344 e. The molecule has 2 aromatic rings. The van der Waals surface area contributed by atoms with Gasteiger partial charge in [0.2, 0.25) is 0 Å². The third-order valence-corrected chi connectivity index (χ3v) is 5.34. The van der Waals surface area contributed by atoms with E-state index in [0.29, 0.717) is 11.3 Å². The van der Waals surface area contributed by atoms with Crippen molar-refractivity contribution in [2.45, 2.75) is 18.7 Å². The van der Waals surface area contributed by atoms with Gasteiger partial charge in [0.25, 0.3) is 10.0 Å². The first-order chi connectivity index (χ1) is 14.7. The van der Waals surface area contributed by atoms with Gasteiger partial charge in [-0.05, 0) is 50.2 Å². The number of nitrogens with zero attached hydrogens (tertiary/aromatic N) is 1. The molecule has 0 radical (unpaired) electrons. The lowest BCUT2D eigenvalue weighted by Gasteiger charge is -2.11. The van der Waals surface area contributed by atoms with Gasteiger partial charge in [-0.2, -0.15) is 12.8 Å². The normalized spacial score (nSPS) is 11.5. The van der Waals surface area contributed by atoms with Crippen LogP contribution in [0.4, 0.5) is 0 Å². The molecule has 31 heavy (non-hydrogen) atoms. The van der Waals surface area contributed by atoms with Gasteiger partial charge in [-0.25, -0.2) is 9.59 Å². The molecule has 0 bridgehead atoms. The topological polar surface area (TPSA) is 108 Å². The minimum atomic E-state index is -4.16. The van der Waals surface area contributed by atoms with E-state index in [1.165, 1.54) is 31.4 Å². The number of rotatable bonds is 9. The quantitative estimate of drug-likeness (QED) is 0.332. The molecule has 0 unspecified atom stereocenters. The largest absolute Gasteiger partial charge is 0.497 e. The Morgan fingerprint density at radius 2 is 1.61 bits per heavy atom. The van der Waals surface area contributed by atoms with Crippen LogP contribution < -0.4 is 4.74 Å². The van der Waals surface area contributed by atoms with Crippen molar-refractivity contribution in [3.05, 3.63) is 71.8 Å². The molecule has 0 spiro atoms. The second-order valence-electron chi connectivity index (χ2n) is 6.32. The van der Waals surface area contributed by atoms with E-state index in [1.807, 2.05) is 6.92 Å². The Balaban J connectivity index is 2.43. The SMILES string of the molecule is C=C(C(=O)OCC(=O)OCC)/C(=N/S(=O)(=O)c1ccc(C)cc1)c1ccc(OC)cc1. The van der Waals surface area contributed by atoms with Crippen LogP contribution in [0.3, 0.4) is 0 Å². The Morgan fingerprint density at radius 3 is 2.16 bits per heavy atom. The highest BCUT2D eigenvalue weighted by Crippen LogP contribution is 2.20. The van der Waals surface area contributed by atoms with E-state index in [0.717, 1.165) is 5.56 Å². The summed E-state index contributed by atoms with van der Waals surface area (Å²) in [6.07, 6.45) is 0. The maximum absolute atomic E-state index is 12.8. The van der Waals surface area contributed by atoms with Crippen LogP contribution in [0.15, 0.2) is 70.0 Å². The number of aryl methyl sites for hydroxylation is 1. The first-order valence-corrected chi connectivity index (χ1v) is 10.7. The molecule has 0 aliphatic carbocycles. The van der Waals surface area contributed by atoms with E-state index in [4.69, 9.17) is 14.2 Å². The highest BCUT2D eigenvalue weighted by molar-refractivity contribution is 7.90. The Labute approximate surface area is 181 Å². The van der Waals surface area contributed by atoms with Gasteiger partial charge >= 0.3 is 11.9 Å². The third kappa shape index (κ3) is 6.51. The van der Waals surface area contributed by atoms with Crippen LogP contribution in [0.5, 0.6) is 5.75 Å². The molecule has 0 saturated carbocycles. The fourth-order valence-electron chi connectivity index (χ4n) is 2.42. The van der Waals surface area contributed by atoms with Crippen LogP contribution in [0, 0.1) is 6.92 Å². The zero-order chi connectivity index (χ0) is 23.0. The highest BCUT2D eigenvalue weighted by Gasteiger charge is 2.23. The van der Waals surface area contributed by atoms with Gasteiger partial charge in [0.05, 0.1) is 29.9 Å². The predicted octanol–water partition coefficient (Wildman–Crippen LogP) is 2.84. The maximum atomic E-state index is 12.8. The molecular weight excluding hydrogens is 422 g/mol. The molecule has 2 rings (SSSR count). The molecular formula is C22H23NO7S. The van der Waals surface area contributed by atoms with E-state index in [9.17, 15) is 18.0 Å². The van der Waals surface area contributed by atoms with Gasteiger partial charge < -0.3 is 14.2 Å². The van der Waals surface area contributed by atoms with Crippen molar-refractivity contribution in [2.24, 2.45) is 4.40 Å². The van der Waals surface area contributed by atoms with Crippen molar-refractivity contribution in [1.82, 2.24) is 0 Å². The van der Waals surface area contributed by atoms with Crippen molar-refractivity contribution >= 4 is 27.7 Å². The summed E-state index contributed by atoms with van der Waals surface area (Å²) in [6.45, 7) is 6.57. The summed E-state index contributed by atoms with van der Waals surface area (Å²) in [5, 5.41) is 0. The summed E-state index contributed by atoms with van der Waals surface area (Å²) in [5.41, 5.74) is 0.641. The molecule has 0 aromatic heterocycles. The van der Waals surface area contributed by atoms with Crippen molar-refractivity contribution in [1.29, 1.82) is 0 Å². The second kappa shape index (κ2) is 10.5. The Hall–Kier alpha value is -3.46. The number of hydrogen-bond acceptors (Lipinski definition) is 7. The third-order valence-electron chi connectivity index (χ3n) is 4.05. The Kier molecular flexibility index (Phi) is 8.09. The van der Waals surface area contributed by atoms with Crippen LogP contribution >= 0.6 is 0 Å². The Bertz CT molecular complexity index is 1090. The smallest absolute Gasteiger partial charge is 0.344 e. The predicted molar refractivity (Wildman–Crippen MR) is 115 cm³/mol. The van der Waals surface area contributed by atoms with E-state index in [2.05, 4.69) is 11.0 Å². The summed E-state index contributed by atoms with van der Waals surface area (Å²) in [6, 6.07) is 12.3. The van der Waals surface area contributed by atoms with Crippen molar-refractivity contribution in [3.63, 3.8) is 0 Å².